The lowest BCUT2D eigenvalue weighted by Gasteiger charge is -2.71. The molecule has 0 radical (unpaired) electrons. The maximum Gasteiger partial charge on any atom is 0.331 e. The summed E-state index contributed by atoms with van der Waals surface area (Å²) in [6.45, 7) is 20.2. The monoisotopic (exact) mass is 588 g/mol. The topological polar surface area (TPSA) is 66.8 Å². The molecular weight excluding hydrogens is 532 g/mol. The van der Waals surface area contributed by atoms with Gasteiger partial charge >= 0.3 is 5.97 Å². The van der Waals surface area contributed by atoms with Crippen LogP contribution < -0.4 is 0 Å². The Morgan fingerprint density at radius 3 is 2.30 bits per heavy atom. The quantitative estimate of drug-likeness (QED) is 0.160. The largest absolute Gasteiger partial charge is 0.504 e. The Hall–Kier alpha value is -2.23. The van der Waals surface area contributed by atoms with Crippen molar-refractivity contribution < 1.29 is 19.7 Å². The molecule has 5 aliphatic carbocycles. The van der Waals surface area contributed by atoms with Crippen LogP contribution in [-0.4, -0.2) is 22.3 Å². The molecule has 0 amide bonds. The molecule has 0 saturated heterocycles. The molecule has 4 fully saturated rings. The smallest absolute Gasteiger partial charge is 0.331 e. The van der Waals surface area contributed by atoms with E-state index in [9.17, 15) is 15.0 Å². The summed E-state index contributed by atoms with van der Waals surface area (Å²) in [6.07, 6.45) is 18.2. The summed E-state index contributed by atoms with van der Waals surface area (Å²) in [4.78, 5) is 13.0. The molecule has 0 bridgehead atoms. The molecule has 6 rings (SSSR count). The normalized spacial score (nSPS) is 43.0. The van der Waals surface area contributed by atoms with E-state index in [2.05, 4.69) is 61.5 Å². The summed E-state index contributed by atoms with van der Waals surface area (Å²) in [5.41, 5.74) is 4.04. The van der Waals surface area contributed by atoms with Crippen molar-refractivity contribution >= 4 is 12.0 Å². The highest BCUT2D eigenvalue weighted by molar-refractivity contribution is 5.87. The second kappa shape index (κ2) is 9.88. The SMILES string of the molecule is CC1(C)CCC2(C)CCC3(C)C(=CCC4C5(C)CCC(OC(=O)C=Cc6ccc(O)c(O)c6)C(C)(C)C5CCC43C)C2C1. The van der Waals surface area contributed by atoms with E-state index in [0.29, 0.717) is 33.6 Å². The summed E-state index contributed by atoms with van der Waals surface area (Å²) in [5, 5.41) is 19.4. The van der Waals surface area contributed by atoms with Crippen LogP contribution >= 0.6 is 0 Å². The molecule has 0 heterocycles. The molecule has 8 unspecified atom stereocenters. The van der Waals surface area contributed by atoms with Crippen molar-refractivity contribution in [1.29, 1.82) is 0 Å². The second-order valence-electron chi connectivity index (χ2n) is 17.7. The standard InChI is InChI=1S/C39H56O4/c1-34(2)19-20-36(5)21-22-38(7)26(27(36)24-34)11-13-31-37(6)17-16-32(35(3,4)30(37)15-18-39(31,38)8)43-33(42)14-10-25-9-12-28(40)29(41)23-25/h9-12,14,23,27,30-32,40-41H,13,15-22,24H2,1-8H3. The van der Waals surface area contributed by atoms with Crippen molar-refractivity contribution in [3.63, 3.8) is 0 Å². The third kappa shape index (κ3) is 4.62. The molecule has 43 heavy (non-hydrogen) atoms. The molecule has 4 heteroatoms. The van der Waals surface area contributed by atoms with Gasteiger partial charge in [-0.2, -0.15) is 0 Å². The highest BCUT2D eigenvalue weighted by Crippen LogP contribution is 2.75. The number of allylic oxidation sites excluding steroid dienone is 2. The third-order valence-corrected chi connectivity index (χ3v) is 14.7. The van der Waals surface area contributed by atoms with E-state index >= 15 is 0 Å². The van der Waals surface area contributed by atoms with Crippen molar-refractivity contribution in [2.24, 2.45) is 50.2 Å². The summed E-state index contributed by atoms with van der Waals surface area (Å²) in [6, 6.07) is 4.54. The van der Waals surface area contributed by atoms with Crippen LogP contribution in [0.1, 0.15) is 125 Å². The molecule has 1 aromatic carbocycles. The van der Waals surface area contributed by atoms with Crippen LogP contribution in [0.5, 0.6) is 11.5 Å². The molecule has 0 aromatic heterocycles. The zero-order chi connectivity index (χ0) is 31.2. The molecule has 4 saturated carbocycles. The molecular formula is C39H56O4. The van der Waals surface area contributed by atoms with E-state index in [1.165, 1.54) is 69.6 Å². The number of esters is 1. The second-order valence-corrected chi connectivity index (χ2v) is 17.7. The Bertz CT molecular complexity index is 1350. The molecule has 236 valence electrons. The average molecular weight is 589 g/mol. The van der Waals surface area contributed by atoms with Gasteiger partial charge in [0.15, 0.2) is 11.5 Å². The number of benzene rings is 1. The van der Waals surface area contributed by atoms with Gasteiger partial charge in [-0.1, -0.05) is 73.1 Å². The van der Waals surface area contributed by atoms with Crippen LogP contribution in [0.4, 0.5) is 0 Å². The van der Waals surface area contributed by atoms with E-state index in [1.807, 2.05) is 5.57 Å². The van der Waals surface area contributed by atoms with E-state index < -0.39 is 0 Å². The summed E-state index contributed by atoms with van der Waals surface area (Å²) in [5.74, 6) is 1.16. The van der Waals surface area contributed by atoms with Crippen LogP contribution in [0, 0.1) is 50.2 Å². The fourth-order valence-electron chi connectivity index (χ4n) is 11.7. The van der Waals surface area contributed by atoms with Gasteiger partial charge in [0.05, 0.1) is 0 Å². The van der Waals surface area contributed by atoms with Gasteiger partial charge in [-0.05, 0) is 133 Å². The molecule has 5 aliphatic rings. The lowest BCUT2D eigenvalue weighted by atomic mass is 9.33. The van der Waals surface area contributed by atoms with Crippen molar-refractivity contribution in [2.45, 2.75) is 126 Å². The minimum absolute atomic E-state index is 0.113. The maximum atomic E-state index is 13.0. The first-order chi connectivity index (χ1) is 20.0. The fourth-order valence-corrected chi connectivity index (χ4v) is 11.7. The van der Waals surface area contributed by atoms with Gasteiger partial charge in [0.2, 0.25) is 0 Å². The fraction of sp³-hybridized carbons (Fsp3) is 0.718. The molecule has 0 aliphatic heterocycles. The van der Waals surface area contributed by atoms with Crippen LogP contribution in [0.2, 0.25) is 0 Å². The number of phenols is 2. The number of aromatic hydroxyl groups is 2. The number of carbonyl (C=O) groups excluding carboxylic acids is 1. The van der Waals surface area contributed by atoms with Crippen molar-refractivity contribution in [3.8, 4) is 11.5 Å². The Kier molecular flexibility index (Phi) is 7.08. The lowest BCUT2D eigenvalue weighted by molar-refractivity contribution is -0.210. The van der Waals surface area contributed by atoms with Gasteiger partial charge in [0, 0.05) is 11.5 Å². The predicted octanol–water partition coefficient (Wildman–Crippen LogP) is 9.84. The first-order valence-corrected chi connectivity index (χ1v) is 17.1. The number of phenolic OH excluding ortho intramolecular Hbond substituents is 2. The number of hydrogen-bond donors (Lipinski definition) is 2. The van der Waals surface area contributed by atoms with Gasteiger partial charge in [-0.15, -0.1) is 0 Å². The highest BCUT2D eigenvalue weighted by Gasteiger charge is 2.68. The Balaban J connectivity index is 1.23. The van der Waals surface area contributed by atoms with Crippen molar-refractivity contribution in [3.05, 3.63) is 41.5 Å². The zero-order valence-electron chi connectivity index (χ0n) is 28.1. The zero-order valence-corrected chi connectivity index (χ0v) is 28.1. The molecule has 1 aromatic rings. The lowest BCUT2D eigenvalue weighted by Crippen LogP contribution is -2.64. The van der Waals surface area contributed by atoms with Gasteiger partial charge in [-0.25, -0.2) is 4.79 Å². The van der Waals surface area contributed by atoms with Crippen LogP contribution in [0.15, 0.2) is 35.9 Å². The molecule has 8 atom stereocenters. The van der Waals surface area contributed by atoms with E-state index in [-0.39, 0.29) is 39.8 Å². The summed E-state index contributed by atoms with van der Waals surface area (Å²) < 4.78 is 6.18. The van der Waals surface area contributed by atoms with Gasteiger partial charge < -0.3 is 14.9 Å². The van der Waals surface area contributed by atoms with Gasteiger partial charge in [0.1, 0.15) is 6.10 Å². The molecule has 2 N–H and O–H groups in total. The van der Waals surface area contributed by atoms with Crippen LogP contribution in [0.25, 0.3) is 6.08 Å². The number of fused-ring (bicyclic) bond motifs is 7. The average Bonchev–Trinajstić information content (AvgIpc) is 2.92. The Morgan fingerprint density at radius 1 is 0.860 bits per heavy atom. The molecule has 0 spiro atoms. The third-order valence-electron chi connectivity index (χ3n) is 14.7. The number of ether oxygens (including phenoxy) is 1. The van der Waals surface area contributed by atoms with Crippen molar-refractivity contribution in [1.82, 2.24) is 0 Å². The predicted molar refractivity (Wildman–Crippen MR) is 173 cm³/mol. The molecule has 4 nitrogen and oxygen atoms in total. The van der Waals surface area contributed by atoms with E-state index in [1.54, 1.807) is 12.1 Å². The van der Waals surface area contributed by atoms with Gasteiger partial charge in [0.25, 0.3) is 0 Å². The summed E-state index contributed by atoms with van der Waals surface area (Å²) >= 11 is 0. The minimum Gasteiger partial charge on any atom is -0.504 e. The van der Waals surface area contributed by atoms with Crippen LogP contribution in [-0.2, 0) is 9.53 Å². The first kappa shape index (κ1) is 30.8. The first-order valence-electron chi connectivity index (χ1n) is 17.1. The van der Waals surface area contributed by atoms with Crippen LogP contribution in [0.3, 0.4) is 0 Å². The maximum absolute atomic E-state index is 13.0. The van der Waals surface area contributed by atoms with Crippen molar-refractivity contribution in [2.75, 3.05) is 0 Å². The summed E-state index contributed by atoms with van der Waals surface area (Å²) in [7, 11) is 0. The Morgan fingerprint density at radius 2 is 1.58 bits per heavy atom. The number of rotatable bonds is 3. The van der Waals surface area contributed by atoms with E-state index in [0.717, 1.165) is 18.8 Å². The number of carbonyl (C=O) groups is 1. The minimum atomic E-state index is -0.340. The van der Waals surface area contributed by atoms with E-state index in [4.69, 9.17) is 4.74 Å². The number of hydrogen-bond acceptors (Lipinski definition) is 4. The highest BCUT2D eigenvalue weighted by atomic mass is 16.5. The Labute approximate surface area is 260 Å². The van der Waals surface area contributed by atoms with Gasteiger partial charge in [-0.3, -0.25) is 0 Å².